The molecule has 4 aromatic rings. The Kier molecular flexibility index (Phi) is 3.70. The number of hydrogen-bond acceptors (Lipinski definition) is 3. The van der Waals surface area contributed by atoms with Crippen molar-refractivity contribution in [1.29, 1.82) is 0 Å². The largest absolute Gasteiger partial charge is 0.348 e. The van der Waals surface area contributed by atoms with Crippen molar-refractivity contribution in [2.24, 2.45) is 0 Å². The second-order valence-electron chi connectivity index (χ2n) is 5.42. The summed E-state index contributed by atoms with van der Waals surface area (Å²) in [6.07, 6.45) is 6.48. The maximum absolute atomic E-state index is 14.5. The second kappa shape index (κ2) is 6.02. The van der Waals surface area contributed by atoms with E-state index in [1.807, 2.05) is 30.3 Å². The van der Waals surface area contributed by atoms with E-state index in [9.17, 15) is 4.39 Å². The van der Waals surface area contributed by atoms with E-state index >= 15 is 0 Å². The summed E-state index contributed by atoms with van der Waals surface area (Å²) in [4.78, 5) is 15.5. The lowest BCUT2D eigenvalue weighted by molar-refractivity contribution is 0.602. The summed E-state index contributed by atoms with van der Waals surface area (Å²) in [5.74, 6) is -0.761. The number of halogens is 2. The SMILES string of the molecule is Fc1cc(Cl)ncc1C(c1ccc2ncccc2c1)c1cnc[nH]1. The highest BCUT2D eigenvalue weighted by Crippen LogP contribution is 2.33. The number of rotatable bonds is 3. The van der Waals surface area contributed by atoms with Crippen LogP contribution in [-0.4, -0.2) is 19.9 Å². The smallest absolute Gasteiger partial charge is 0.132 e. The van der Waals surface area contributed by atoms with Gasteiger partial charge in [-0.15, -0.1) is 0 Å². The third-order valence-electron chi connectivity index (χ3n) is 3.95. The zero-order valence-corrected chi connectivity index (χ0v) is 13.2. The molecule has 4 nitrogen and oxygen atoms in total. The molecular weight excluding hydrogens is 327 g/mol. The molecule has 0 aliphatic rings. The third-order valence-corrected chi connectivity index (χ3v) is 4.16. The van der Waals surface area contributed by atoms with Gasteiger partial charge in [0.1, 0.15) is 11.0 Å². The van der Waals surface area contributed by atoms with E-state index in [0.717, 1.165) is 22.2 Å². The van der Waals surface area contributed by atoms with Crippen molar-refractivity contribution in [2.75, 3.05) is 0 Å². The van der Waals surface area contributed by atoms with Crippen LogP contribution in [0.2, 0.25) is 5.15 Å². The highest BCUT2D eigenvalue weighted by atomic mass is 35.5. The van der Waals surface area contributed by atoms with Gasteiger partial charge in [0.25, 0.3) is 0 Å². The van der Waals surface area contributed by atoms with E-state index in [4.69, 9.17) is 11.6 Å². The predicted molar refractivity (Wildman–Crippen MR) is 90.5 cm³/mol. The molecule has 0 radical (unpaired) electrons. The topological polar surface area (TPSA) is 54.5 Å². The Morgan fingerprint density at radius 3 is 2.79 bits per heavy atom. The molecule has 3 aromatic heterocycles. The van der Waals surface area contributed by atoms with Crippen LogP contribution in [-0.2, 0) is 0 Å². The molecule has 1 atom stereocenters. The van der Waals surface area contributed by atoms with Crippen LogP contribution >= 0.6 is 11.6 Å². The predicted octanol–water partition coefficient (Wildman–Crippen LogP) is 4.33. The van der Waals surface area contributed by atoms with Gasteiger partial charge in [0.15, 0.2) is 0 Å². The highest BCUT2D eigenvalue weighted by Gasteiger charge is 2.22. The van der Waals surface area contributed by atoms with E-state index in [1.54, 1.807) is 18.7 Å². The fourth-order valence-electron chi connectivity index (χ4n) is 2.86. The number of aromatic nitrogens is 4. The van der Waals surface area contributed by atoms with Gasteiger partial charge in [-0.1, -0.05) is 23.7 Å². The van der Waals surface area contributed by atoms with Crippen molar-refractivity contribution in [1.82, 2.24) is 19.9 Å². The molecule has 0 saturated heterocycles. The Bertz CT molecular complexity index is 1000. The van der Waals surface area contributed by atoms with Crippen molar-refractivity contribution in [3.63, 3.8) is 0 Å². The molecule has 24 heavy (non-hydrogen) atoms. The van der Waals surface area contributed by atoms with Crippen LogP contribution in [0, 0.1) is 5.82 Å². The van der Waals surface area contributed by atoms with Crippen molar-refractivity contribution in [3.8, 4) is 0 Å². The first kappa shape index (κ1) is 14.8. The summed E-state index contributed by atoms with van der Waals surface area (Å²) in [7, 11) is 0. The van der Waals surface area contributed by atoms with E-state index in [2.05, 4.69) is 19.9 Å². The van der Waals surface area contributed by atoms with E-state index in [1.165, 1.54) is 12.3 Å². The molecule has 118 valence electrons. The van der Waals surface area contributed by atoms with Gasteiger partial charge < -0.3 is 4.98 Å². The molecule has 0 aliphatic heterocycles. The number of nitrogens with one attached hydrogen (secondary N) is 1. The molecule has 0 spiro atoms. The number of H-pyrrole nitrogens is 1. The molecule has 1 aromatic carbocycles. The van der Waals surface area contributed by atoms with Crippen LogP contribution in [0.5, 0.6) is 0 Å². The molecule has 4 rings (SSSR count). The van der Waals surface area contributed by atoms with Gasteiger partial charge in [0.2, 0.25) is 0 Å². The Morgan fingerprint density at radius 1 is 1.08 bits per heavy atom. The van der Waals surface area contributed by atoms with Gasteiger partial charge in [-0.3, -0.25) is 4.98 Å². The average molecular weight is 339 g/mol. The minimum absolute atomic E-state index is 0.127. The lowest BCUT2D eigenvalue weighted by Crippen LogP contribution is -2.07. The second-order valence-corrected chi connectivity index (χ2v) is 5.81. The van der Waals surface area contributed by atoms with Crippen LogP contribution in [0.15, 0.2) is 61.3 Å². The summed E-state index contributed by atoms with van der Waals surface area (Å²) in [5.41, 5.74) is 3.02. The minimum atomic E-state index is -0.402. The number of hydrogen-bond donors (Lipinski definition) is 1. The van der Waals surface area contributed by atoms with Crippen molar-refractivity contribution >= 4 is 22.5 Å². The minimum Gasteiger partial charge on any atom is -0.348 e. The average Bonchev–Trinajstić information content (AvgIpc) is 3.11. The zero-order chi connectivity index (χ0) is 16.5. The van der Waals surface area contributed by atoms with Gasteiger partial charge in [-0.25, -0.2) is 14.4 Å². The van der Waals surface area contributed by atoms with Crippen LogP contribution in [0.1, 0.15) is 22.7 Å². The molecule has 6 heteroatoms. The van der Waals surface area contributed by atoms with Gasteiger partial charge in [0.05, 0.1) is 17.8 Å². The third kappa shape index (κ3) is 2.63. The molecule has 0 amide bonds. The zero-order valence-electron chi connectivity index (χ0n) is 12.4. The molecule has 1 unspecified atom stereocenters. The molecule has 0 saturated carbocycles. The maximum Gasteiger partial charge on any atom is 0.132 e. The fraction of sp³-hybridized carbons (Fsp3) is 0.0556. The standard InChI is InChI=1S/C18H12ClFN4/c19-17-7-14(20)13(8-23-17)18(16-9-21-10-24-16)12-3-4-15-11(6-12)2-1-5-22-15/h1-10,18H,(H,21,24). The Hall–Kier alpha value is -2.79. The summed E-state index contributed by atoms with van der Waals surface area (Å²) in [5, 5.41) is 1.11. The number of benzene rings is 1. The van der Waals surface area contributed by atoms with Crippen molar-refractivity contribution in [2.45, 2.75) is 5.92 Å². The van der Waals surface area contributed by atoms with E-state index in [0.29, 0.717) is 5.56 Å². The molecular formula is C18H12ClFN4. The van der Waals surface area contributed by atoms with Gasteiger partial charge >= 0.3 is 0 Å². The lowest BCUT2D eigenvalue weighted by Gasteiger charge is -2.17. The first-order chi connectivity index (χ1) is 11.7. The van der Waals surface area contributed by atoms with Gasteiger partial charge in [0, 0.05) is 41.3 Å². The van der Waals surface area contributed by atoms with E-state index in [-0.39, 0.29) is 11.1 Å². The summed E-state index contributed by atoms with van der Waals surface area (Å²) in [6.45, 7) is 0. The normalized spacial score (nSPS) is 12.4. The van der Waals surface area contributed by atoms with Crippen LogP contribution < -0.4 is 0 Å². The first-order valence-corrected chi connectivity index (χ1v) is 7.74. The van der Waals surface area contributed by atoms with Gasteiger partial charge in [-0.05, 0) is 23.8 Å². The molecule has 0 bridgehead atoms. The first-order valence-electron chi connectivity index (χ1n) is 7.36. The highest BCUT2D eigenvalue weighted by molar-refractivity contribution is 6.29. The van der Waals surface area contributed by atoms with Crippen LogP contribution in [0.25, 0.3) is 10.9 Å². The van der Waals surface area contributed by atoms with Gasteiger partial charge in [-0.2, -0.15) is 0 Å². The number of pyridine rings is 2. The summed E-state index contributed by atoms with van der Waals surface area (Å²) >= 11 is 5.79. The van der Waals surface area contributed by atoms with E-state index < -0.39 is 5.82 Å². The summed E-state index contributed by atoms with van der Waals surface area (Å²) < 4.78 is 14.5. The molecule has 3 heterocycles. The monoisotopic (exact) mass is 338 g/mol. The Balaban J connectivity index is 1.92. The lowest BCUT2D eigenvalue weighted by atomic mass is 9.88. The number of aromatic amines is 1. The number of fused-ring (bicyclic) bond motifs is 1. The molecule has 1 N–H and O–H groups in total. The quantitative estimate of drug-likeness (QED) is 0.566. The van der Waals surface area contributed by atoms with Crippen molar-refractivity contribution < 1.29 is 4.39 Å². The Morgan fingerprint density at radius 2 is 2.00 bits per heavy atom. The maximum atomic E-state index is 14.5. The number of imidazole rings is 1. The molecule has 0 aliphatic carbocycles. The Labute approximate surface area is 142 Å². The van der Waals surface area contributed by atoms with Crippen LogP contribution in [0.4, 0.5) is 4.39 Å². The molecule has 0 fully saturated rings. The number of nitrogens with zero attached hydrogens (tertiary/aromatic N) is 3. The fourth-order valence-corrected chi connectivity index (χ4v) is 3.00. The van der Waals surface area contributed by atoms with Crippen LogP contribution in [0.3, 0.4) is 0 Å². The van der Waals surface area contributed by atoms with Crippen molar-refractivity contribution in [3.05, 3.63) is 89.1 Å². The summed E-state index contributed by atoms with van der Waals surface area (Å²) in [6, 6.07) is 10.9.